The monoisotopic (exact) mass is 260 g/mol. The predicted molar refractivity (Wildman–Crippen MR) is 72.1 cm³/mol. The molecule has 0 N–H and O–H groups in total. The minimum Gasteiger partial charge on any atom is -0.244 e. The Kier molecular flexibility index (Phi) is 7.84. The summed E-state index contributed by atoms with van der Waals surface area (Å²) in [6.45, 7) is 5.17. The molecule has 0 atom stereocenters. The van der Waals surface area contributed by atoms with E-state index in [1.165, 1.54) is 19.3 Å². The topological polar surface area (TPSA) is 18.5 Å². The molecule has 3 heteroatoms. The molecule has 0 aromatic carbocycles. The number of halogens is 1. The highest BCUT2D eigenvalue weighted by Crippen LogP contribution is 2.39. The third-order valence-corrected chi connectivity index (χ3v) is 4.02. The van der Waals surface area contributed by atoms with Crippen LogP contribution in [0.1, 0.15) is 71.6 Å². The average molecular weight is 260 g/mol. The quantitative estimate of drug-likeness (QED) is 0.336. The molecule has 108 valence electrons. The van der Waals surface area contributed by atoms with Crippen LogP contribution in [-0.4, -0.2) is 18.9 Å². The van der Waals surface area contributed by atoms with Crippen molar-refractivity contribution in [3.63, 3.8) is 0 Å². The third kappa shape index (κ3) is 6.14. The Morgan fingerprint density at radius 3 is 2.44 bits per heavy atom. The number of hydrogen-bond donors (Lipinski definition) is 0. The lowest BCUT2D eigenvalue weighted by Crippen LogP contribution is -2.30. The van der Waals surface area contributed by atoms with Gasteiger partial charge in [-0.25, -0.2) is 14.2 Å². The van der Waals surface area contributed by atoms with Crippen molar-refractivity contribution in [2.24, 2.45) is 5.92 Å². The van der Waals surface area contributed by atoms with Gasteiger partial charge in [0.15, 0.2) is 0 Å². The second-order valence-electron chi connectivity index (χ2n) is 5.57. The van der Waals surface area contributed by atoms with Gasteiger partial charge in [0.2, 0.25) is 0 Å². The van der Waals surface area contributed by atoms with E-state index < -0.39 is 5.67 Å². The van der Waals surface area contributed by atoms with Crippen molar-refractivity contribution in [1.29, 1.82) is 0 Å². The van der Waals surface area contributed by atoms with Crippen LogP contribution in [0.5, 0.6) is 0 Å². The van der Waals surface area contributed by atoms with Crippen LogP contribution >= 0.6 is 0 Å². The largest absolute Gasteiger partial charge is 0.244 e. The molecule has 2 nitrogen and oxygen atoms in total. The molecule has 0 heterocycles. The van der Waals surface area contributed by atoms with Crippen LogP contribution in [0.3, 0.4) is 0 Å². The summed E-state index contributed by atoms with van der Waals surface area (Å²) in [4.78, 5) is 9.72. The van der Waals surface area contributed by atoms with Crippen molar-refractivity contribution in [3.05, 3.63) is 0 Å². The van der Waals surface area contributed by atoms with Gasteiger partial charge in [-0.2, -0.15) is 0 Å². The first-order chi connectivity index (χ1) is 8.70. The van der Waals surface area contributed by atoms with Crippen LogP contribution in [0, 0.1) is 5.92 Å². The molecule has 0 aliphatic heterocycles. The van der Waals surface area contributed by atoms with Crippen LogP contribution < -0.4 is 0 Å². The first-order valence-corrected chi connectivity index (χ1v) is 7.63. The van der Waals surface area contributed by atoms with Crippen molar-refractivity contribution in [3.8, 4) is 0 Å². The molecule has 0 spiro atoms. The summed E-state index contributed by atoms with van der Waals surface area (Å²) in [6, 6.07) is 0. The smallest absolute Gasteiger partial charge is 0.111 e. The number of rotatable bonds is 9. The highest BCUT2D eigenvalue weighted by molar-refractivity contribution is 4.85. The van der Waals surface area contributed by atoms with Gasteiger partial charge in [0.05, 0.1) is 13.2 Å². The van der Waals surface area contributed by atoms with E-state index in [9.17, 15) is 4.39 Å². The van der Waals surface area contributed by atoms with E-state index in [1.54, 1.807) is 0 Å². The summed E-state index contributed by atoms with van der Waals surface area (Å²) in [6.07, 6.45) is 8.87. The van der Waals surface area contributed by atoms with Gasteiger partial charge in [-0.05, 0) is 51.4 Å². The minimum atomic E-state index is -0.932. The van der Waals surface area contributed by atoms with Crippen molar-refractivity contribution in [2.45, 2.75) is 77.3 Å². The average Bonchev–Trinajstić information content (AvgIpc) is 2.38. The summed E-state index contributed by atoms with van der Waals surface area (Å²) in [5.41, 5.74) is -0.932. The Bertz CT molecular complexity index is 195. The van der Waals surface area contributed by atoms with E-state index in [4.69, 9.17) is 9.78 Å². The fourth-order valence-corrected chi connectivity index (χ4v) is 2.82. The molecule has 18 heavy (non-hydrogen) atoms. The van der Waals surface area contributed by atoms with Gasteiger partial charge in [0.25, 0.3) is 0 Å². The molecule has 0 unspecified atom stereocenters. The van der Waals surface area contributed by atoms with Gasteiger partial charge in [0, 0.05) is 0 Å². The second-order valence-corrected chi connectivity index (χ2v) is 5.57. The molecule has 0 aromatic rings. The fourth-order valence-electron chi connectivity index (χ4n) is 2.82. The predicted octanol–water partition coefficient (Wildman–Crippen LogP) is 4.82. The molecular formula is C15H29FO2. The lowest BCUT2D eigenvalue weighted by Gasteiger charge is -2.34. The van der Waals surface area contributed by atoms with Crippen LogP contribution in [0.25, 0.3) is 0 Å². The van der Waals surface area contributed by atoms with Gasteiger partial charge in [-0.1, -0.05) is 26.2 Å². The van der Waals surface area contributed by atoms with E-state index >= 15 is 0 Å². The van der Waals surface area contributed by atoms with E-state index in [0.717, 1.165) is 38.0 Å². The molecular weight excluding hydrogens is 231 g/mol. The number of alkyl halides is 1. The molecule has 0 aromatic heterocycles. The molecule has 0 bridgehead atoms. The molecule has 0 amide bonds. The van der Waals surface area contributed by atoms with E-state index in [1.807, 2.05) is 6.92 Å². The van der Waals surface area contributed by atoms with E-state index in [-0.39, 0.29) is 0 Å². The maximum atomic E-state index is 14.5. The molecule has 1 aliphatic carbocycles. The van der Waals surface area contributed by atoms with Gasteiger partial charge in [-0.15, -0.1) is 0 Å². The van der Waals surface area contributed by atoms with Crippen molar-refractivity contribution >= 4 is 0 Å². The summed E-state index contributed by atoms with van der Waals surface area (Å²) >= 11 is 0. The Hall–Kier alpha value is -0.150. The molecule has 0 radical (unpaired) electrons. The number of unbranched alkanes of at least 4 members (excludes halogenated alkanes) is 1. The van der Waals surface area contributed by atoms with Crippen LogP contribution in [0.2, 0.25) is 0 Å². The van der Waals surface area contributed by atoms with Gasteiger partial charge in [0.1, 0.15) is 5.67 Å². The summed E-state index contributed by atoms with van der Waals surface area (Å²) in [7, 11) is 0. The summed E-state index contributed by atoms with van der Waals surface area (Å²) in [5.74, 6) is 0.772. The number of hydrogen-bond acceptors (Lipinski definition) is 2. The van der Waals surface area contributed by atoms with Crippen LogP contribution in [0.4, 0.5) is 4.39 Å². The maximum Gasteiger partial charge on any atom is 0.111 e. The second kappa shape index (κ2) is 8.87. The minimum absolute atomic E-state index is 0.513. The fraction of sp³-hybridized carbons (Fsp3) is 1.00. The van der Waals surface area contributed by atoms with Crippen molar-refractivity contribution < 1.29 is 14.2 Å². The zero-order valence-corrected chi connectivity index (χ0v) is 12.0. The van der Waals surface area contributed by atoms with Gasteiger partial charge >= 0.3 is 0 Å². The van der Waals surface area contributed by atoms with E-state index in [0.29, 0.717) is 19.6 Å². The molecule has 1 rings (SSSR count). The first-order valence-electron chi connectivity index (χ1n) is 7.63. The molecule has 1 saturated carbocycles. The molecule has 1 fully saturated rings. The normalized spacial score (nSPS) is 28.5. The highest BCUT2D eigenvalue weighted by Gasteiger charge is 2.34. The zero-order chi connectivity index (χ0) is 13.3. The maximum absolute atomic E-state index is 14.5. The third-order valence-electron chi connectivity index (χ3n) is 4.02. The Balaban J connectivity index is 2.10. The standard InChI is InChI=1S/C15H29FO2/c1-3-5-7-14-8-11-15(16,12-9-14)10-6-13-18-17-4-2/h14H,3-13H2,1-2H3. The zero-order valence-electron chi connectivity index (χ0n) is 12.0. The molecule has 0 saturated heterocycles. The Morgan fingerprint density at radius 2 is 1.83 bits per heavy atom. The summed E-state index contributed by atoms with van der Waals surface area (Å²) < 4.78 is 14.5. The van der Waals surface area contributed by atoms with Gasteiger partial charge in [-0.3, -0.25) is 0 Å². The van der Waals surface area contributed by atoms with Crippen molar-refractivity contribution in [2.75, 3.05) is 13.2 Å². The van der Waals surface area contributed by atoms with Crippen LogP contribution in [-0.2, 0) is 9.78 Å². The van der Waals surface area contributed by atoms with Crippen LogP contribution in [0.15, 0.2) is 0 Å². The Labute approximate surface area is 111 Å². The molecule has 1 aliphatic rings. The van der Waals surface area contributed by atoms with Crippen molar-refractivity contribution in [1.82, 2.24) is 0 Å². The lowest BCUT2D eigenvalue weighted by atomic mass is 9.76. The highest BCUT2D eigenvalue weighted by atomic mass is 19.1. The van der Waals surface area contributed by atoms with Gasteiger partial charge < -0.3 is 0 Å². The lowest BCUT2D eigenvalue weighted by molar-refractivity contribution is -0.292. The van der Waals surface area contributed by atoms with E-state index in [2.05, 4.69) is 6.92 Å². The Morgan fingerprint density at radius 1 is 1.11 bits per heavy atom. The first kappa shape index (κ1) is 15.9. The summed E-state index contributed by atoms with van der Waals surface area (Å²) in [5, 5.41) is 0. The SMILES string of the molecule is CCCCC1CCC(F)(CCCOOCC)CC1.